The minimum atomic E-state index is -0.941. The number of amides is 2. The van der Waals surface area contributed by atoms with Crippen molar-refractivity contribution in [3.8, 4) is 0 Å². The van der Waals surface area contributed by atoms with Crippen molar-refractivity contribution >= 4 is 23.6 Å². The quantitative estimate of drug-likeness (QED) is 0.902. The molecule has 0 aromatic heterocycles. The fraction of sp³-hybridized carbons (Fsp3) is 0.467. The van der Waals surface area contributed by atoms with E-state index in [4.69, 9.17) is 11.6 Å². The lowest BCUT2D eigenvalue weighted by Crippen LogP contribution is -2.54. The third kappa shape index (κ3) is 3.88. The molecule has 2 N–H and O–H groups in total. The standard InChI is InChI=1S/C15H19ClN2O3/c1-10-3-2-8-18(13(10)14(19)20)15(21)17-9-11-4-6-12(16)7-5-11/h4-7,10,13H,2-3,8-9H2,1H3,(H,17,21)(H,19,20). The summed E-state index contributed by atoms with van der Waals surface area (Å²) in [6, 6.07) is 6.09. The van der Waals surface area contributed by atoms with Gasteiger partial charge in [0.1, 0.15) is 6.04 Å². The molecule has 1 aliphatic rings. The second-order valence-electron chi connectivity index (χ2n) is 5.38. The van der Waals surface area contributed by atoms with Gasteiger partial charge >= 0.3 is 12.0 Å². The van der Waals surface area contributed by atoms with Crippen LogP contribution in [0.5, 0.6) is 0 Å². The van der Waals surface area contributed by atoms with Gasteiger partial charge in [0, 0.05) is 18.1 Å². The lowest BCUT2D eigenvalue weighted by Gasteiger charge is -2.37. The van der Waals surface area contributed by atoms with E-state index in [1.165, 1.54) is 4.90 Å². The fourth-order valence-corrected chi connectivity index (χ4v) is 2.80. The van der Waals surface area contributed by atoms with Crippen molar-refractivity contribution in [2.24, 2.45) is 5.92 Å². The summed E-state index contributed by atoms with van der Waals surface area (Å²) < 4.78 is 0. The van der Waals surface area contributed by atoms with Gasteiger partial charge in [-0.2, -0.15) is 0 Å². The summed E-state index contributed by atoms with van der Waals surface area (Å²) in [6.45, 7) is 2.71. The first-order valence-corrected chi connectivity index (χ1v) is 7.38. The van der Waals surface area contributed by atoms with Gasteiger partial charge in [-0.1, -0.05) is 30.7 Å². The molecule has 1 aromatic carbocycles. The lowest BCUT2D eigenvalue weighted by molar-refractivity contribution is -0.145. The molecule has 21 heavy (non-hydrogen) atoms. The van der Waals surface area contributed by atoms with Gasteiger partial charge in [-0.3, -0.25) is 0 Å². The van der Waals surface area contributed by atoms with Crippen molar-refractivity contribution in [3.63, 3.8) is 0 Å². The molecule has 1 heterocycles. The summed E-state index contributed by atoms with van der Waals surface area (Å²) in [5.74, 6) is -0.971. The molecular weight excluding hydrogens is 292 g/mol. The normalized spacial score (nSPS) is 21.9. The van der Waals surface area contributed by atoms with E-state index in [0.717, 1.165) is 18.4 Å². The highest BCUT2D eigenvalue weighted by Gasteiger charge is 2.36. The molecule has 0 saturated carbocycles. The first-order valence-electron chi connectivity index (χ1n) is 7.00. The van der Waals surface area contributed by atoms with Gasteiger partial charge in [0.25, 0.3) is 0 Å². The van der Waals surface area contributed by atoms with E-state index in [9.17, 15) is 14.7 Å². The number of likely N-dealkylation sites (tertiary alicyclic amines) is 1. The number of benzene rings is 1. The SMILES string of the molecule is CC1CCCN(C(=O)NCc2ccc(Cl)cc2)C1C(=O)O. The van der Waals surface area contributed by atoms with E-state index in [2.05, 4.69) is 5.32 Å². The number of halogens is 1. The second-order valence-corrected chi connectivity index (χ2v) is 5.82. The van der Waals surface area contributed by atoms with E-state index in [1.807, 2.05) is 19.1 Å². The zero-order chi connectivity index (χ0) is 15.4. The third-order valence-corrected chi connectivity index (χ3v) is 4.06. The molecule has 6 heteroatoms. The first kappa shape index (κ1) is 15.6. The molecule has 0 radical (unpaired) electrons. The maximum Gasteiger partial charge on any atom is 0.326 e. The van der Waals surface area contributed by atoms with Crippen LogP contribution in [0.3, 0.4) is 0 Å². The van der Waals surface area contributed by atoms with E-state index in [-0.39, 0.29) is 11.9 Å². The minimum absolute atomic E-state index is 0.0301. The van der Waals surface area contributed by atoms with Crippen LogP contribution in [-0.4, -0.2) is 34.6 Å². The zero-order valence-electron chi connectivity index (χ0n) is 11.9. The Morgan fingerprint density at radius 2 is 2.05 bits per heavy atom. The molecule has 0 bridgehead atoms. The van der Waals surface area contributed by atoms with Crippen LogP contribution < -0.4 is 5.32 Å². The van der Waals surface area contributed by atoms with Crippen LogP contribution in [0.1, 0.15) is 25.3 Å². The highest BCUT2D eigenvalue weighted by Crippen LogP contribution is 2.23. The van der Waals surface area contributed by atoms with Crippen molar-refractivity contribution in [1.82, 2.24) is 10.2 Å². The molecule has 1 saturated heterocycles. The van der Waals surface area contributed by atoms with Crippen molar-refractivity contribution in [1.29, 1.82) is 0 Å². The highest BCUT2D eigenvalue weighted by molar-refractivity contribution is 6.30. The topological polar surface area (TPSA) is 69.6 Å². The Morgan fingerprint density at radius 1 is 1.38 bits per heavy atom. The Morgan fingerprint density at radius 3 is 2.67 bits per heavy atom. The smallest absolute Gasteiger partial charge is 0.326 e. The molecule has 2 rings (SSSR count). The number of hydrogen-bond donors (Lipinski definition) is 2. The molecular formula is C15H19ClN2O3. The number of piperidine rings is 1. The Kier molecular flexibility index (Phi) is 5.07. The molecule has 1 fully saturated rings. The van der Waals surface area contributed by atoms with E-state index < -0.39 is 12.0 Å². The van der Waals surface area contributed by atoms with Crippen molar-refractivity contribution in [2.45, 2.75) is 32.4 Å². The van der Waals surface area contributed by atoms with Gasteiger partial charge in [-0.25, -0.2) is 9.59 Å². The Bertz CT molecular complexity index is 518. The summed E-state index contributed by atoms with van der Waals surface area (Å²) in [4.78, 5) is 25.0. The van der Waals surface area contributed by atoms with Crippen LogP contribution in [0.25, 0.3) is 0 Å². The molecule has 0 aliphatic carbocycles. The number of urea groups is 1. The zero-order valence-corrected chi connectivity index (χ0v) is 12.6. The first-order chi connectivity index (χ1) is 9.99. The highest BCUT2D eigenvalue weighted by atomic mass is 35.5. The number of hydrogen-bond acceptors (Lipinski definition) is 2. The van der Waals surface area contributed by atoms with Crippen LogP contribution in [0.15, 0.2) is 24.3 Å². The molecule has 114 valence electrons. The van der Waals surface area contributed by atoms with Gasteiger partial charge in [0.05, 0.1) is 0 Å². The average Bonchev–Trinajstić information content (AvgIpc) is 2.45. The van der Waals surface area contributed by atoms with E-state index in [1.54, 1.807) is 12.1 Å². The van der Waals surface area contributed by atoms with Gasteiger partial charge < -0.3 is 15.3 Å². The Balaban J connectivity index is 1.98. The number of carboxylic acids is 1. The minimum Gasteiger partial charge on any atom is -0.480 e. The van der Waals surface area contributed by atoms with E-state index >= 15 is 0 Å². The molecule has 2 amide bonds. The lowest BCUT2D eigenvalue weighted by atomic mass is 9.91. The Labute approximate surface area is 128 Å². The maximum atomic E-state index is 12.2. The number of aliphatic carboxylic acids is 1. The van der Waals surface area contributed by atoms with Gasteiger partial charge in [0.15, 0.2) is 0 Å². The summed E-state index contributed by atoms with van der Waals surface area (Å²) in [6.07, 6.45) is 1.66. The summed E-state index contributed by atoms with van der Waals surface area (Å²) >= 11 is 5.81. The Hall–Kier alpha value is -1.75. The number of carbonyl (C=O) groups excluding carboxylic acids is 1. The van der Waals surface area contributed by atoms with Crippen LogP contribution in [-0.2, 0) is 11.3 Å². The molecule has 2 unspecified atom stereocenters. The summed E-state index contributed by atoms with van der Waals surface area (Å²) in [7, 11) is 0. The predicted octanol–water partition coefficient (Wildman–Crippen LogP) is 2.73. The maximum absolute atomic E-state index is 12.2. The van der Waals surface area contributed by atoms with Crippen molar-refractivity contribution < 1.29 is 14.7 Å². The van der Waals surface area contributed by atoms with Crippen molar-refractivity contribution in [3.05, 3.63) is 34.9 Å². The van der Waals surface area contributed by atoms with Crippen LogP contribution in [0.4, 0.5) is 4.79 Å². The largest absolute Gasteiger partial charge is 0.480 e. The van der Waals surface area contributed by atoms with Crippen LogP contribution in [0, 0.1) is 5.92 Å². The number of rotatable bonds is 3. The summed E-state index contributed by atoms with van der Waals surface area (Å²) in [5, 5.41) is 12.7. The monoisotopic (exact) mass is 310 g/mol. The predicted molar refractivity (Wildman–Crippen MR) is 80.2 cm³/mol. The second kappa shape index (κ2) is 6.80. The van der Waals surface area contributed by atoms with Crippen molar-refractivity contribution in [2.75, 3.05) is 6.54 Å². The molecule has 2 atom stereocenters. The van der Waals surface area contributed by atoms with Crippen LogP contribution >= 0.6 is 11.6 Å². The summed E-state index contributed by atoms with van der Waals surface area (Å²) in [5.41, 5.74) is 0.921. The average molecular weight is 311 g/mol. The molecule has 1 aliphatic heterocycles. The van der Waals surface area contributed by atoms with Gasteiger partial charge in [0.2, 0.25) is 0 Å². The number of nitrogens with one attached hydrogen (secondary N) is 1. The van der Waals surface area contributed by atoms with Gasteiger partial charge in [-0.15, -0.1) is 0 Å². The number of carboxylic acid groups (broad SMARTS) is 1. The molecule has 1 aromatic rings. The number of nitrogens with zero attached hydrogens (tertiary/aromatic N) is 1. The molecule has 0 spiro atoms. The third-order valence-electron chi connectivity index (χ3n) is 3.80. The van der Waals surface area contributed by atoms with Gasteiger partial charge in [-0.05, 0) is 36.5 Å². The van der Waals surface area contributed by atoms with Crippen LogP contribution in [0.2, 0.25) is 5.02 Å². The van der Waals surface area contributed by atoms with E-state index in [0.29, 0.717) is 18.1 Å². The fourth-order valence-electron chi connectivity index (χ4n) is 2.67. The molecule has 5 nitrogen and oxygen atoms in total. The number of carbonyl (C=O) groups is 2.